The molecule has 0 unspecified atom stereocenters. The summed E-state index contributed by atoms with van der Waals surface area (Å²) in [4.78, 5) is 25.4. The summed E-state index contributed by atoms with van der Waals surface area (Å²) in [6.07, 6.45) is 1.44. The van der Waals surface area contributed by atoms with Crippen molar-refractivity contribution in [2.24, 2.45) is 5.92 Å². The molecule has 9 heteroatoms. The van der Waals surface area contributed by atoms with Crippen molar-refractivity contribution in [1.29, 1.82) is 0 Å². The summed E-state index contributed by atoms with van der Waals surface area (Å²) in [7, 11) is 1.56. The third-order valence-electron chi connectivity index (χ3n) is 4.92. The molecule has 9 nitrogen and oxygen atoms in total. The summed E-state index contributed by atoms with van der Waals surface area (Å²) < 4.78 is 16.0. The van der Waals surface area contributed by atoms with Gasteiger partial charge in [-0.3, -0.25) is 14.9 Å². The van der Waals surface area contributed by atoms with E-state index in [4.69, 9.17) is 14.2 Å². The minimum atomic E-state index is -0.479. The smallest absolute Gasteiger partial charge is 0.293 e. The number of nitro groups is 1. The highest BCUT2D eigenvalue weighted by atomic mass is 16.7. The summed E-state index contributed by atoms with van der Waals surface area (Å²) >= 11 is 0. The summed E-state index contributed by atoms with van der Waals surface area (Å²) in [6, 6.07) is 4.54. The van der Waals surface area contributed by atoms with Crippen LogP contribution in [0.4, 0.5) is 11.4 Å². The summed E-state index contributed by atoms with van der Waals surface area (Å²) in [5.74, 6) is 0.103. The minimum Gasteiger partial charge on any atom is -0.383 e. The molecule has 148 valence electrons. The van der Waals surface area contributed by atoms with Gasteiger partial charge >= 0.3 is 0 Å². The SMILES string of the molecule is COCCNc1ccc(C(=O)N2CCC(C3OCCO3)CC2)cc1[N+](=O)[O-]. The van der Waals surface area contributed by atoms with Crippen molar-refractivity contribution in [3.05, 3.63) is 33.9 Å². The number of methoxy groups -OCH3 is 1. The maximum atomic E-state index is 12.8. The molecule has 0 radical (unpaired) electrons. The maximum absolute atomic E-state index is 12.8. The van der Waals surface area contributed by atoms with Crippen LogP contribution in [0.1, 0.15) is 23.2 Å². The van der Waals surface area contributed by atoms with Gasteiger partial charge in [-0.15, -0.1) is 0 Å². The number of amides is 1. The van der Waals surface area contributed by atoms with E-state index in [2.05, 4.69) is 5.32 Å². The predicted octanol–water partition coefficient (Wildman–Crippen LogP) is 1.88. The highest BCUT2D eigenvalue weighted by Gasteiger charge is 2.32. The lowest BCUT2D eigenvalue weighted by Gasteiger charge is -2.33. The van der Waals surface area contributed by atoms with Gasteiger partial charge in [0.15, 0.2) is 6.29 Å². The molecule has 3 rings (SSSR count). The number of nitrogens with zero attached hydrogens (tertiary/aromatic N) is 2. The number of carbonyl (C=O) groups is 1. The molecule has 2 aliphatic heterocycles. The fraction of sp³-hybridized carbons (Fsp3) is 0.611. The quantitative estimate of drug-likeness (QED) is 0.438. The van der Waals surface area contributed by atoms with E-state index in [0.717, 1.165) is 12.8 Å². The Hall–Kier alpha value is -2.23. The van der Waals surface area contributed by atoms with Crippen LogP contribution in [-0.2, 0) is 14.2 Å². The van der Waals surface area contributed by atoms with Crippen molar-refractivity contribution in [2.45, 2.75) is 19.1 Å². The van der Waals surface area contributed by atoms with Gasteiger partial charge in [0.1, 0.15) is 5.69 Å². The Kier molecular flexibility index (Phi) is 6.59. The molecule has 1 amide bonds. The van der Waals surface area contributed by atoms with Crippen molar-refractivity contribution in [2.75, 3.05) is 51.9 Å². The van der Waals surface area contributed by atoms with E-state index in [1.54, 1.807) is 24.1 Å². The minimum absolute atomic E-state index is 0.111. The van der Waals surface area contributed by atoms with Crippen LogP contribution in [0.2, 0.25) is 0 Å². The van der Waals surface area contributed by atoms with Crippen molar-refractivity contribution in [3.8, 4) is 0 Å². The van der Waals surface area contributed by atoms with Crippen molar-refractivity contribution < 1.29 is 23.9 Å². The van der Waals surface area contributed by atoms with Gasteiger partial charge in [0.05, 0.1) is 24.7 Å². The summed E-state index contributed by atoms with van der Waals surface area (Å²) in [5, 5.41) is 14.3. The van der Waals surface area contributed by atoms with Crippen molar-refractivity contribution in [3.63, 3.8) is 0 Å². The molecule has 2 aliphatic rings. The van der Waals surface area contributed by atoms with Gasteiger partial charge < -0.3 is 24.4 Å². The van der Waals surface area contributed by atoms with Gasteiger partial charge in [0.25, 0.3) is 11.6 Å². The van der Waals surface area contributed by atoms with Crippen LogP contribution < -0.4 is 5.32 Å². The number of likely N-dealkylation sites (tertiary alicyclic amines) is 1. The van der Waals surface area contributed by atoms with E-state index >= 15 is 0 Å². The van der Waals surface area contributed by atoms with Gasteiger partial charge in [-0.05, 0) is 25.0 Å². The number of anilines is 1. The maximum Gasteiger partial charge on any atom is 0.293 e. The monoisotopic (exact) mass is 379 g/mol. The first kappa shape index (κ1) is 19.5. The number of piperidine rings is 1. The Balaban J connectivity index is 1.64. The number of carbonyl (C=O) groups excluding carboxylic acids is 1. The second-order valence-electron chi connectivity index (χ2n) is 6.65. The lowest BCUT2D eigenvalue weighted by atomic mass is 9.95. The molecule has 0 bridgehead atoms. The van der Waals surface area contributed by atoms with Gasteiger partial charge in [0.2, 0.25) is 0 Å². The molecule has 0 aromatic heterocycles. The fourth-order valence-electron chi connectivity index (χ4n) is 3.46. The van der Waals surface area contributed by atoms with E-state index in [0.29, 0.717) is 56.6 Å². The molecule has 27 heavy (non-hydrogen) atoms. The van der Waals surface area contributed by atoms with Gasteiger partial charge in [-0.2, -0.15) is 0 Å². The zero-order chi connectivity index (χ0) is 19.2. The third-order valence-corrected chi connectivity index (χ3v) is 4.92. The first-order chi connectivity index (χ1) is 13.1. The number of rotatable bonds is 7. The van der Waals surface area contributed by atoms with E-state index in [9.17, 15) is 14.9 Å². The highest BCUT2D eigenvalue weighted by molar-refractivity contribution is 5.95. The Bertz CT molecular complexity index is 669. The van der Waals surface area contributed by atoms with Crippen LogP contribution in [0, 0.1) is 16.0 Å². The number of hydrogen-bond acceptors (Lipinski definition) is 7. The summed E-state index contributed by atoms with van der Waals surface area (Å²) in [6.45, 7) is 3.31. The molecule has 2 fully saturated rings. The van der Waals surface area contributed by atoms with Gasteiger partial charge in [-0.1, -0.05) is 0 Å². The average Bonchev–Trinajstić information content (AvgIpc) is 3.22. The molecule has 0 saturated carbocycles. The number of nitro benzene ring substituents is 1. The van der Waals surface area contributed by atoms with Crippen molar-refractivity contribution in [1.82, 2.24) is 4.90 Å². The topological polar surface area (TPSA) is 103 Å². The second kappa shape index (κ2) is 9.12. The van der Waals surface area contributed by atoms with Crippen LogP contribution in [0.3, 0.4) is 0 Å². The molecular formula is C18H25N3O6. The molecule has 1 aromatic rings. The van der Waals surface area contributed by atoms with Crippen LogP contribution in [-0.4, -0.2) is 68.6 Å². The first-order valence-electron chi connectivity index (χ1n) is 9.14. The van der Waals surface area contributed by atoms with Crippen LogP contribution in [0.15, 0.2) is 18.2 Å². The molecule has 0 aliphatic carbocycles. The lowest BCUT2D eigenvalue weighted by molar-refractivity contribution is -0.384. The number of hydrogen-bond donors (Lipinski definition) is 1. The van der Waals surface area contributed by atoms with Gasteiger partial charge in [0, 0.05) is 44.3 Å². The first-order valence-corrected chi connectivity index (χ1v) is 9.14. The Morgan fingerprint density at radius 3 is 2.67 bits per heavy atom. The fourth-order valence-corrected chi connectivity index (χ4v) is 3.46. The van der Waals surface area contributed by atoms with Crippen LogP contribution >= 0.6 is 0 Å². The van der Waals surface area contributed by atoms with E-state index in [1.807, 2.05) is 0 Å². The third kappa shape index (κ3) is 4.74. The van der Waals surface area contributed by atoms with Crippen molar-refractivity contribution >= 4 is 17.3 Å². The number of nitrogens with one attached hydrogen (secondary N) is 1. The molecule has 2 heterocycles. The standard InChI is InChI=1S/C18H25N3O6/c1-25-9-6-19-15-3-2-14(12-16(15)21(23)24)17(22)20-7-4-13(5-8-20)18-26-10-11-27-18/h2-3,12-13,18-19H,4-11H2,1H3. The highest BCUT2D eigenvalue weighted by Crippen LogP contribution is 2.29. The molecular weight excluding hydrogens is 354 g/mol. The lowest BCUT2D eigenvalue weighted by Crippen LogP contribution is -2.41. The number of ether oxygens (including phenoxy) is 3. The largest absolute Gasteiger partial charge is 0.383 e. The Morgan fingerprint density at radius 2 is 2.04 bits per heavy atom. The second-order valence-corrected chi connectivity index (χ2v) is 6.65. The average molecular weight is 379 g/mol. The molecule has 1 aromatic carbocycles. The zero-order valence-corrected chi connectivity index (χ0v) is 15.4. The molecule has 1 N–H and O–H groups in total. The summed E-state index contributed by atoms with van der Waals surface area (Å²) in [5.41, 5.74) is 0.591. The normalized spacial score (nSPS) is 18.6. The predicted molar refractivity (Wildman–Crippen MR) is 97.8 cm³/mol. The molecule has 2 saturated heterocycles. The van der Waals surface area contributed by atoms with E-state index in [1.165, 1.54) is 6.07 Å². The van der Waals surface area contributed by atoms with Crippen LogP contribution in [0.25, 0.3) is 0 Å². The zero-order valence-electron chi connectivity index (χ0n) is 15.4. The number of benzene rings is 1. The van der Waals surface area contributed by atoms with E-state index in [-0.39, 0.29) is 17.9 Å². The van der Waals surface area contributed by atoms with E-state index < -0.39 is 4.92 Å². The Morgan fingerprint density at radius 1 is 1.33 bits per heavy atom. The molecule has 0 atom stereocenters. The van der Waals surface area contributed by atoms with Crippen LogP contribution in [0.5, 0.6) is 0 Å². The Labute approximate surface area is 157 Å². The van der Waals surface area contributed by atoms with Gasteiger partial charge in [-0.25, -0.2) is 0 Å². The molecule has 0 spiro atoms.